The maximum Gasteiger partial charge on any atom is 0.335 e. The van der Waals surface area contributed by atoms with Crippen LogP contribution in [-0.2, 0) is 17.6 Å². The first-order valence-corrected chi connectivity index (χ1v) is 9.30. The Kier molecular flexibility index (Phi) is 6.05. The molecule has 1 fully saturated rings. The maximum atomic E-state index is 13.0. The third kappa shape index (κ3) is 4.51. The predicted molar refractivity (Wildman–Crippen MR) is 101 cm³/mol. The van der Waals surface area contributed by atoms with Gasteiger partial charge in [0.15, 0.2) is 0 Å². The smallest absolute Gasteiger partial charge is 0.335 e. The summed E-state index contributed by atoms with van der Waals surface area (Å²) >= 11 is 0. The number of carboxylic acids is 1. The van der Waals surface area contributed by atoms with Gasteiger partial charge in [0.25, 0.3) is 0 Å². The maximum absolute atomic E-state index is 13.0. The quantitative estimate of drug-likeness (QED) is 0.822. The molecule has 1 aliphatic rings. The van der Waals surface area contributed by atoms with Crippen molar-refractivity contribution in [2.75, 3.05) is 6.54 Å². The van der Waals surface area contributed by atoms with Gasteiger partial charge in [-0.2, -0.15) is 0 Å². The van der Waals surface area contributed by atoms with E-state index in [1.807, 2.05) is 23.1 Å². The number of hydrogen-bond donors (Lipinski definition) is 1. The molecule has 4 nitrogen and oxygen atoms in total. The molecule has 0 saturated heterocycles. The van der Waals surface area contributed by atoms with E-state index in [0.29, 0.717) is 12.1 Å². The van der Waals surface area contributed by atoms with E-state index in [4.69, 9.17) is 0 Å². The van der Waals surface area contributed by atoms with Crippen LogP contribution < -0.4 is 0 Å². The molecule has 0 heterocycles. The molecule has 0 bridgehead atoms. The van der Waals surface area contributed by atoms with Gasteiger partial charge in [0.2, 0.25) is 5.91 Å². The summed E-state index contributed by atoms with van der Waals surface area (Å²) in [6.07, 6.45) is 5.37. The van der Waals surface area contributed by atoms with E-state index in [2.05, 4.69) is 12.1 Å². The lowest BCUT2D eigenvalue weighted by molar-refractivity contribution is -0.132. The highest BCUT2D eigenvalue weighted by atomic mass is 16.4. The second kappa shape index (κ2) is 8.65. The van der Waals surface area contributed by atoms with E-state index in [0.717, 1.165) is 32.1 Å². The van der Waals surface area contributed by atoms with Crippen molar-refractivity contribution in [1.82, 2.24) is 4.90 Å². The van der Waals surface area contributed by atoms with Crippen molar-refractivity contribution in [2.24, 2.45) is 0 Å². The van der Waals surface area contributed by atoms with Gasteiger partial charge in [0, 0.05) is 12.6 Å². The fourth-order valence-corrected chi connectivity index (χ4v) is 3.77. The van der Waals surface area contributed by atoms with Gasteiger partial charge in [0.05, 0.1) is 12.0 Å². The summed E-state index contributed by atoms with van der Waals surface area (Å²) in [6, 6.07) is 17.3. The second-order valence-corrected chi connectivity index (χ2v) is 6.90. The van der Waals surface area contributed by atoms with E-state index >= 15 is 0 Å². The van der Waals surface area contributed by atoms with Crippen LogP contribution in [0.1, 0.15) is 47.2 Å². The highest BCUT2D eigenvalue weighted by molar-refractivity contribution is 5.91. The second-order valence-electron chi connectivity index (χ2n) is 6.90. The number of carbonyl (C=O) groups is 2. The first kappa shape index (κ1) is 18.2. The average Bonchev–Trinajstić information content (AvgIpc) is 3.17. The van der Waals surface area contributed by atoms with Crippen LogP contribution in [0.15, 0.2) is 54.6 Å². The van der Waals surface area contributed by atoms with Gasteiger partial charge in [-0.25, -0.2) is 4.79 Å². The molecular formula is C22H25NO3. The molecule has 0 unspecified atom stereocenters. The molecule has 26 heavy (non-hydrogen) atoms. The minimum atomic E-state index is -0.981. The molecule has 2 aromatic rings. The summed E-state index contributed by atoms with van der Waals surface area (Å²) in [5.74, 6) is -0.952. The minimum absolute atomic E-state index is 0.0292. The molecule has 0 aromatic heterocycles. The van der Waals surface area contributed by atoms with Gasteiger partial charge in [-0.05, 0) is 36.5 Å². The summed E-state index contributed by atoms with van der Waals surface area (Å²) < 4.78 is 0. The Balaban J connectivity index is 1.73. The van der Waals surface area contributed by atoms with Crippen LogP contribution >= 0.6 is 0 Å². The lowest BCUT2D eigenvalue weighted by atomic mass is 10.0. The number of aromatic carboxylic acids is 1. The summed E-state index contributed by atoms with van der Waals surface area (Å²) in [7, 11) is 0. The zero-order valence-corrected chi connectivity index (χ0v) is 14.9. The summed E-state index contributed by atoms with van der Waals surface area (Å²) in [5, 5.41) is 9.36. The Labute approximate surface area is 154 Å². The third-order valence-electron chi connectivity index (χ3n) is 5.16. The molecule has 0 aliphatic heterocycles. The van der Waals surface area contributed by atoms with E-state index < -0.39 is 5.97 Å². The molecule has 1 amide bonds. The first-order valence-electron chi connectivity index (χ1n) is 9.30. The zero-order valence-electron chi connectivity index (χ0n) is 14.9. The lowest BCUT2D eigenvalue weighted by Gasteiger charge is -2.29. The molecule has 1 saturated carbocycles. The number of rotatable bonds is 7. The molecule has 3 rings (SSSR count). The van der Waals surface area contributed by atoms with Crippen LogP contribution in [0, 0.1) is 0 Å². The van der Waals surface area contributed by atoms with Crippen LogP contribution in [0.4, 0.5) is 0 Å². The molecule has 136 valence electrons. The Morgan fingerprint density at radius 1 is 0.962 bits per heavy atom. The van der Waals surface area contributed by atoms with E-state index in [1.165, 1.54) is 5.56 Å². The van der Waals surface area contributed by atoms with E-state index in [9.17, 15) is 14.7 Å². The van der Waals surface area contributed by atoms with Gasteiger partial charge in [0.1, 0.15) is 0 Å². The highest BCUT2D eigenvalue weighted by Gasteiger charge is 2.27. The Hall–Kier alpha value is -2.62. The van der Waals surface area contributed by atoms with Gasteiger partial charge in [-0.1, -0.05) is 61.4 Å². The largest absolute Gasteiger partial charge is 0.478 e. The van der Waals surface area contributed by atoms with Crippen molar-refractivity contribution in [3.8, 4) is 0 Å². The number of nitrogens with zero attached hydrogens (tertiary/aromatic N) is 1. The molecule has 0 atom stereocenters. The van der Waals surface area contributed by atoms with Gasteiger partial charge >= 0.3 is 5.97 Å². The molecular weight excluding hydrogens is 326 g/mol. The topological polar surface area (TPSA) is 57.6 Å². The number of carbonyl (C=O) groups excluding carboxylic acids is 1. The van der Waals surface area contributed by atoms with Gasteiger partial charge in [-0.15, -0.1) is 0 Å². The number of amides is 1. The first-order chi connectivity index (χ1) is 12.6. The molecule has 4 heteroatoms. The van der Waals surface area contributed by atoms with Crippen LogP contribution in [0.3, 0.4) is 0 Å². The van der Waals surface area contributed by atoms with Crippen molar-refractivity contribution in [1.29, 1.82) is 0 Å². The SMILES string of the molecule is O=C(O)c1ccccc1CC(=O)N(CCc1ccccc1)C1CCCC1. The molecule has 1 aliphatic carbocycles. The number of hydrogen-bond acceptors (Lipinski definition) is 2. The van der Waals surface area contributed by atoms with E-state index in [-0.39, 0.29) is 23.9 Å². The monoisotopic (exact) mass is 351 g/mol. The van der Waals surface area contributed by atoms with Gasteiger partial charge < -0.3 is 10.0 Å². The molecule has 0 spiro atoms. The summed E-state index contributed by atoms with van der Waals surface area (Å²) in [4.78, 5) is 26.4. The van der Waals surface area contributed by atoms with Crippen LogP contribution in [0.5, 0.6) is 0 Å². The highest BCUT2D eigenvalue weighted by Crippen LogP contribution is 2.25. The van der Waals surface area contributed by atoms with Crippen molar-refractivity contribution in [3.63, 3.8) is 0 Å². The summed E-state index contributed by atoms with van der Waals surface area (Å²) in [5.41, 5.74) is 2.03. The Morgan fingerprint density at radius 3 is 2.31 bits per heavy atom. The fraction of sp³-hybridized carbons (Fsp3) is 0.364. The van der Waals surface area contributed by atoms with Gasteiger partial charge in [-0.3, -0.25) is 4.79 Å². The Bertz CT molecular complexity index is 751. The lowest BCUT2D eigenvalue weighted by Crippen LogP contribution is -2.41. The van der Waals surface area contributed by atoms with Crippen LogP contribution in [-0.4, -0.2) is 34.5 Å². The average molecular weight is 351 g/mol. The minimum Gasteiger partial charge on any atom is -0.478 e. The molecule has 1 N–H and O–H groups in total. The molecule has 2 aromatic carbocycles. The van der Waals surface area contributed by atoms with E-state index in [1.54, 1.807) is 24.3 Å². The Morgan fingerprint density at radius 2 is 1.62 bits per heavy atom. The standard InChI is InChI=1S/C22H25NO3/c24-21(16-18-10-4-7-13-20(18)22(25)26)23(19-11-5-6-12-19)15-14-17-8-2-1-3-9-17/h1-4,7-10,13,19H,5-6,11-12,14-16H2,(H,25,26). The van der Waals surface area contributed by atoms with Crippen LogP contribution in [0.25, 0.3) is 0 Å². The zero-order chi connectivity index (χ0) is 18.4. The fourth-order valence-electron chi connectivity index (χ4n) is 3.77. The van der Waals surface area contributed by atoms with Crippen molar-refractivity contribution in [2.45, 2.75) is 44.6 Å². The van der Waals surface area contributed by atoms with Crippen LogP contribution in [0.2, 0.25) is 0 Å². The van der Waals surface area contributed by atoms with Crippen molar-refractivity contribution >= 4 is 11.9 Å². The number of carboxylic acid groups (broad SMARTS) is 1. The normalized spacial score (nSPS) is 14.3. The number of benzene rings is 2. The predicted octanol–water partition coefficient (Wildman–Crippen LogP) is 3.94. The third-order valence-corrected chi connectivity index (χ3v) is 5.16. The van der Waals surface area contributed by atoms with Crippen molar-refractivity contribution in [3.05, 3.63) is 71.3 Å². The molecule has 0 radical (unpaired) electrons. The summed E-state index contributed by atoms with van der Waals surface area (Å²) in [6.45, 7) is 0.683. The van der Waals surface area contributed by atoms with Crippen molar-refractivity contribution < 1.29 is 14.7 Å².